The fraction of sp³-hybridized carbons (Fsp3) is 0.444. The lowest BCUT2D eigenvalue weighted by Gasteiger charge is -2.26. The average molecular weight is 821 g/mol. The lowest BCUT2D eigenvalue weighted by atomic mass is 10.0. The molecule has 0 aliphatic heterocycles. The Morgan fingerprint density at radius 3 is 2.06 bits per heavy atom. The minimum absolute atomic E-state index is 0.0319. The third-order valence-electron chi connectivity index (χ3n) is 4.17. The molecule has 0 aliphatic rings. The summed E-state index contributed by atoms with van der Waals surface area (Å²) in [6.07, 6.45) is -5.51. The Morgan fingerprint density at radius 2 is 1.53 bits per heavy atom. The Labute approximate surface area is 233 Å². The molecule has 13 nitrogen and oxygen atoms in total. The van der Waals surface area contributed by atoms with Gasteiger partial charge in [-0.1, -0.05) is 0 Å². The Bertz CT molecular complexity index is 931. The number of carbonyl (C=O) groups excluding carboxylic acids is 3. The second kappa shape index (κ2) is 14.7. The van der Waals surface area contributed by atoms with Crippen molar-refractivity contribution in [3.63, 3.8) is 0 Å². The molecule has 4 atom stereocenters. The highest BCUT2D eigenvalue weighted by Crippen LogP contribution is 2.35. The third kappa shape index (κ3) is 8.43. The number of carbonyl (C=O) groups is 3. The van der Waals surface area contributed by atoms with Crippen LogP contribution in [0.4, 0.5) is 5.69 Å². The van der Waals surface area contributed by atoms with Gasteiger partial charge in [-0.3, -0.25) is 14.4 Å². The third-order valence-corrected chi connectivity index (χ3v) is 7.40. The van der Waals surface area contributed by atoms with Crippen molar-refractivity contribution in [2.45, 2.75) is 24.4 Å². The SMILES string of the molecule is O=[C]c1c(I)c(NC(=O)COCC(=O)O)c(I)c(C(=O)NCC(O)C(O)C(O)C(O)CO)c1I. The number of carboxylic acid groups (broad SMARTS) is 1. The molecular weight excluding hydrogens is 801 g/mol. The molecule has 0 saturated carbocycles. The van der Waals surface area contributed by atoms with Gasteiger partial charge in [0, 0.05) is 10.1 Å². The molecule has 189 valence electrons. The molecule has 2 amide bonds. The first kappa shape index (κ1) is 31.3. The smallest absolute Gasteiger partial charge is 0.329 e. The molecule has 0 bridgehead atoms. The van der Waals surface area contributed by atoms with Crippen LogP contribution >= 0.6 is 67.8 Å². The van der Waals surface area contributed by atoms with Crippen LogP contribution in [0, 0.1) is 10.7 Å². The van der Waals surface area contributed by atoms with E-state index >= 15 is 0 Å². The second-order valence-corrected chi connectivity index (χ2v) is 9.85. The normalized spacial score (nSPS) is 14.6. The number of rotatable bonds is 13. The quantitative estimate of drug-likeness (QED) is 0.103. The Kier molecular flexibility index (Phi) is 13.5. The zero-order valence-electron chi connectivity index (χ0n) is 17.0. The first-order valence-electron chi connectivity index (χ1n) is 9.16. The van der Waals surface area contributed by atoms with Gasteiger partial charge >= 0.3 is 5.97 Å². The molecule has 1 aromatic carbocycles. The summed E-state index contributed by atoms with van der Waals surface area (Å²) >= 11 is 5.26. The molecule has 0 heterocycles. The molecule has 0 aliphatic carbocycles. The summed E-state index contributed by atoms with van der Waals surface area (Å²) in [5.74, 6) is -2.81. The van der Waals surface area contributed by atoms with Crippen LogP contribution in [0.5, 0.6) is 0 Å². The van der Waals surface area contributed by atoms with E-state index in [2.05, 4.69) is 10.6 Å². The standard InChI is InChI=1S/C18H20I3N2O11/c19-12-6(2-24)13(20)15(23-9(28)4-34-5-10(29)30)14(21)11(12)18(33)22-1-7(26)16(31)17(32)8(27)3-25/h7-8,16-17,25-27,31-32H,1,3-5H2,(H,22,33)(H,23,28)(H,29,30). The lowest BCUT2D eigenvalue weighted by molar-refractivity contribution is -0.143. The van der Waals surface area contributed by atoms with Crippen LogP contribution in [0.3, 0.4) is 0 Å². The molecular formula is C18H20I3N2O11. The Morgan fingerprint density at radius 1 is 0.941 bits per heavy atom. The van der Waals surface area contributed by atoms with Crippen LogP contribution in [0.25, 0.3) is 0 Å². The topological polar surface area (TPSA) is 223 Å². The van der Waals surface area contributed by atoms with Gasteiger partial charge in [0.05, 0.1) is 36.7 Å². The fourth-order valence-corrected chi connectivity index (χ4v) is 6.58. The maximum Gasteiger partial charge on any atom is 0.329 e. The van der Waals surface area contributed by atoms with E-state index in [9.17, 15) is 39.6 Å². The van der Waals surface area contributed by atoms with Gasteiger partial charge in [-0.15, -0.1) is 0 Å². The van der Waals surface area contributed by atoms with Crippen molar-refractivity contribution in [2.24, 2.45) is 0 Å². The highest BCUT2D eigenvalue weighted by molar-refractivity contribution is 14.1. The minimum atomic E-state index is -1.89. The molecule has 1 radical (unpaired) electrons. The van der Waals surface area contributed by atoms with Crippen molar-refractivity contribution >= 4 is 97.5 Å². The number of benzene rings is 1. The number of aliphatic hydroxyl groups is 5. The van der Waals surface area contributed by atoms with Crippen molar-refractivity contribution in [1.82, 2.24) is 5.32 Å². The van der Waals surface area contributed by atoms with Crippen molar-refractivity contribution in [2.75, 3.05) is 31.7 Å². The fourth-order valence-electron chi connectivity index (χ4n) is 2.44. The van der Waals surface area contributed by atoms with Crippen LogP contribution in [0.2, 0.25) is 0 Å². The molecule has 4 unspecified atom stereocenters. The first-order valence-corrected chi connectivity index (χ1v) is 12.4. The number of anilines is 1. The van der Waals surface area contributed by atoms with Crippen LogP contribution < -0.4 is 10.6 Å². The van der Waals surface area contributed by atoms with Gasteiger partial charge in [-0.2, -0.15) is 0 Å². The number of halogens is 3. The molecule has 0 fully saturated rings. The van der Waals surface area contributed by atoms with E-state index in [0.29, 0.717) is 0 Å². The summed E-state index contributed by atoms with van der Waals surface area (Å²) < 4.78 is 5.38. The number of nitrogens with one attached hydrogen (secondary N) is 2. The summed E-state index contributed by atoms with van der Waals surface area (Å²) in [6.45, 7) is -2.74. The van der Waals surface area contributed by atoms with Gasteiger partial charge < -0.3 is 46.0 Å². The summed E-state index contributed by atoms with van der Waals surface area (Å²) in [6, 6.07) is 0. The van der Waals surface area contributed by atoms with Crippen LogP contribution in [-0.2, 0) is 19.1 Å². The molecule has 0 saturated heterocycles. The molecule has 16 heteroatoms. The van der Waals surface area contributed by atoms with E-state index in [1.807, 2.05) is 0 Å². The molecule has 34 heavy (non-hydrogen) atoms. The largest absolute Gasteiger partial charge is 0.480 e. The van der Waals surface area contributed by atoms with Crippen LogP contribution in [-0.4, -0.2) is 105 Å². The van der Waals surface area contributed by atoms with Crippen molar-refractivity contribution in [3.8, 4) is 0 Å². The zero-order valence-corrected chi connectivity index (χ0v) is 23.5. The zero-order chi connectivity index (χ0) is 26.2. The summed E-state index contributed by atoms with van der Waals surface area (Å²) in [4.78, 5) is 47.0. The van der Waals surface area contributed by atoms with E-state index in [0.717, 1.165) is 0 Å². The number of aliphatic carboxylic acids is 1. The summed E-state index contributed by atoms with van der Waals surface area (Å²) in [5, 5.41) is 61.1. The predicted octanol–water partition coefficient (Wildman–Crippen LogP) is -1.84. The minimum Gasteiger partial charge on any atom is -0.480 e. The van der Waals surface area contributed by atoms with Crippen molar-refractivity contribution in [3.05, 3.63) is 21.8 Å². The highest BCUT2D eigenvalue weighted by atomic mass is 127. The Hall–Kier alpha value is -0.750. The number of ether oxygens (including phenoxy) is 1. The van der Waals surface area contributed by atoms with E-state index in [1.54, 1.807) is 74.1 Å². The first-order chi connectivity index (χ1) is 15.9. The molecule has 8 N–H and O–H groups in total. The number of aliphatic hydroxyl groups excluding tert-OH is 5. The molecule has 0 spiro atoms. The average Bonchev–Trinajstić information content (AvgIpc) is 2.78. The van der Waals surface area contributed by atoms with Gasteiger partial charge in [-0.25, -0.2) is 4.79 Å². The van der Waals surface area contributed by atoms with Crippen LogP contribution in [0.1, 0.15) is 15.9 Å². The van der Waals surface area contributed by atoms with Gasteiger partial charge in [-0.05, 0) is 67.8 Å². The number of carboxylic acids is 1. The molecule has 1 rings (SSSR count). The van der Waals surface area contributed by atoms with E-state index in [4.69, 9.17) is 14.9 Å². The Balaban J connectivity index is 3.12. The number of amides is 2. The molecule has 0 aromatic heterocycles. The van der Waals surface area contributed by atoms with Gasteiger partial charge in [0.15, 0.2) is 0 Å². The summed E-state index contributed by atoms with van der Waals surface area (Å²) in [7, 11) is 0. The molecule has 1 aromatic rings. The highest BCUT2D eigenvalue weighted by Gasteiger charge is 2.31. The number of hydrogen-bond donors (Lipinski definition) is 8. The van der Waals surface area contributed by atoms with Gasteiger partial charge in [0.2, 0.25) is 12.2 Å². The van der Waals surface area contributed by atoms with Crippen molar-refractivity contribution in [1.29, 1.82) is 0 Å². The maximum absolute atomic E-state index is 12.8. The predicted molar refractivity (Wildman–Crippen MR) is 140 cm³/mol. The monoisotopic (exact) mass is 821 g/mol. The van der Waals surface area contributed by atoms with Crippen molar-refractivity contribution < 1.29 is 54.6 Å². The van der Waals surface area contributed by atoms with Crippen LogP contribution in [0.15, 0.2) is 0 Å². The van der Waals surface area contributed by atoms with E-state index in [-0.39, 0.29) is 27.5 Å². The van der Waals surface area contributed by atoms with E-state index < -0.39 is 68.6 Å². The summed E-state index contributed by atoms with van der Waals surface area (Å²) in [5.41, 5.74) is -0.00828. The maximum atomic E-state index is 12.8. The lowest BCUT2D eigenvalue weighted by Crippen LogP contribution is -2.49. The number of hydrogen-bond acceptors (Lipinski definition) is 10. The second-order valence-electron chi connectivity index (χ2n) is 6.61. The van der Waals surface area contributed by atoms with Gasteiger partial charge in [0.1, 0.15) is 31.5 Å². The van der Waals surface area contributed by atoms with E-state index in [1.165, 1.54) is 0 Å². The van der Waals surface area contributed by atoms with Gasteiger partial charge in [0.25, 0.3) is 5.91 Å².